The van der Waals surface area contributed by atoms with E-state index in [1.165, 1.54) is 0 Å². The van der Waals surface area contributed by atoms with Crippen molar-refractivity contribution < 1.29 is 4.79 Å². The predicted molar refractivity (Wildman–Crippen MR) is 86.7 cm³/mol. The number of pyridine rings is 2. The van der Waals surface area contributed by atoms with Crippen molar-refractivity contribution in [1.82, 2.24) is 9.97 Å². The van der Waals surface area contributed by atoms with Crippen molar-refractivity contribution in [1.29, 1.82) is 0 Å². The maximum Gasteiger partial charge on any atom is 0.168 e. The zero-order valence-corrected chi connectivity index (χ0v) is 12.4. The summed E-state index contributed by atoms with van der Waals surface area (Å²) in [6.45, 7) is 2.02. The van der Waals surface area contributed by atoms with Crippen molar-refractivity contribution in [3.8, 4) is 11.4 Å². The van der Waals surface area contributed by atoms with Gasteiger partial charge in [-0.05, 0) is 42.3 Å². The van der Waals surface area contributed by atoms with Gasteiger partial charge in [-0.15, -0.1) is 0 Å². The molecule has 0 amide bonds. The van der Waals surface area contributed by atoms with E-state index in [0.717, 1.165) is 22.5 Å². The van der Waals surface area contributed by atoms with Gasteiger partial charge >= 0.3 is 0 Å². The van der Waals surface area contributed by atoms with E-state index in [2.05, 4.69) is 9.97 Å². The quantitative estimate of drug-likeness (QED) is 0.684. The molecular formula is C19H16N2O. The van der Waals surface area contributed by atoms with Gasteiger partial charge in [-0.2, -0.15) is 0 Å². The van der Waals surface area contributed by atoms with Gasteiger partial charge in [0.15, 0.2) is 5.78 Å². The van der Waals surface area contributed by atoms with Crippen LogP contribution in [0.3, 0.4) is 0 Å². The normalized spacial score (nSPS) is 10.4. The van der Waals surface area contributed by atoms with Crippen molar-refractivity contribution in [3.05, 3.63) is 83.7 Å². The maximum atomic E-state index is 12.4. The molecule has 2 heterocycles. The first-order valence-electron chi connectivity index (χ1n) is 7.19. The number of carbonyl (C=O) groups excluding carboxylic acids is 1. The van der Waals surface area contributed by atoms with E-state index >= 15 is 0 Å². The molecule has 0 unspecified atom stereocenters. The summed E-state index contributed by atoms with van der Waals surface area (Å²) in [4.78, 5) is 21.0. The molecule has 3 heteroatoms. The van der Waals surface area contributed by atoms with Crippen molar-refractivity contribution in [2.75, 3.05) is 0 Å². The van der Waals surface area contributed by atoms with E-state index in [4.69, 9.17) is 0 Å². The fourth-order valence-corrected chi connectivity index (χ4v) is 2.31. The molecule has 0 saturated heterocycles. The molecule has 3 nitrogen and oxygen atoms in total. The fraction of sp³-hybridized carbons (Fsp3) is 0.105. The lowest BCUT2D eigenvalue weighted by Gasteiger charge is -2.05. The number of benzene rings is 1. The highest BCUT2D eigenvalue weighted by Crippen LogP contribution is 2.15. The zero-order chi connectivity index (χ0) is 15.4. The lowest BCUT2D eigenvalue weighted by molar-refractivity contribution is 0.0992. The van der Waals surface area contributed by atoms with Crippen LogP contribution in [-0.4, -0.2) is 15.8 Å². The van der Waals surface area contributed by atoms with E-state index in [1.54, 1.807) is 12.4 Å². The van der Waals surface area contributed by atoms with Crippen LogP contribution < -0.4 is 0 Å². The van der Waals surface area contributed by atoms with E-state index < -0.39 is 0 Å². The third-order valence-corrected chi connectivity index (χ3v) is 3.63. The molecule has 108 valence electrons. The average Bonchev–Trinajstić information content (AvgIpc) is 2.58. The number of hydrogen-bond donors (Lipinski definition) is 0. The van der Waals surface area contributed by atoms with Crippen LogP contribution in [0.2, 0.25) is 0 Å². The number of ketones is 1. The fourth-order valence-electron chi connectivity index (χ4n) is 2.31. The maximum absolute atomic E-state index is 12.4. The van der Waals surface area contributed by atoms with Crippen LogP contribution in [0.25, 0.3) is 11.4 Å². The van der Waals surface area contributed by atoms with Crippen molar-refractivity contribution in [2.24, 2.45) is 0 Å². The van der Waals surface area contributed by atoms with Gasteiger partial charge in [0.25, 0.3) is 0 Å². The highest BCUT2D eigenvalue weighted by atomic mass is 16.1. The first kappa shape index (κ1) is 14.1. The van der Waals surface area contributed by atoms with Gasteiger partial charge in [-0.1, -0.05) is 30.3 Å². The number of aromatic nitrogens is 2. The Hall–Kier alpha value is -2.81. The molecule has 22 heavy (non-hydrogen) atoms. The zero-order valence-electron chi connectivity index (χ0n) is 12.4. The molecule has 3 aromatic rings. The molecule has 0 aliphatic heterocycles. The summed E-state index contributed by atoms with van der Waals surface area (Å²) < 4.78 is 0. The minimum Gasteiger partial charge on any atom is -0.294 e. The summed E-state index contributed by atoms with van der Waals surface area (Å²) in [5.41, 5.74) is 4.39. The summed E-state index contributed by atoms with van der Waals surface area (Å²) in [6, 6.07) is 17.3. The molecule has 3 rings (SSSR count). The Bertz CT molecular complexity index is 780. The van der Waals surface area contributed by atoms with E-state index in [1.807, 2.05) is 61.5 Å². The van der Waals surface area contributed by atoms with Crippen molar-refractivity contribution in [3.63, 3.8) is 0 Å². The molecule has 0 N–H and O–H groups in total. The molecular weight excluding hydrogens is 272 g/mol. The minimum atomic E-state index is 0.0781. The van der Waals surface area contributed by atoms with Gasteiger partial charge in [0.2, 0.25) is 0 Å². The predicted octanol–water partition coefficient (Wildman–Crippen LogP) is 3.88. The third-order valence-electron chi connectivity index (χ3n) is 3.63. The van der Waals surface area contributed by atoms with Crippen LogP contribution >= 0.6 is 0 Å². The lowest BCUT2D eigenvalue weighted by atomic mass is 10.0. The molecule has 0 spiro atoms. The Balaban J connectivity index is 1.78. The molecule has 0 bridgehead atoms. The number of carbonyl (C=O) groups is 1. The van der Waals surface area contributed by atoms with Crippen molar-refractivity contribution >= 4 is 5.78 Å². The van der Waals surface area contributed by atoms with Crippen molar-refractivity contribution in [2.45, 2.75) is 13.3 Å². The van der Waals surface area contributed by atoms with Gasteiger partial charge in [0.1, 0.15) is 0 Å². The number of nitrogens with zero attached hydrogens (tertiary/aromatic N) is 2. The minimum absolute atomic E-state index is 0.0781. The molecule has 0 aliphatic carbocycles. The Morgan fingerprint density at radius 3 is 2.36 bits per heavy atom. The Morgan fingerprint density at radius 1 is 0.909 bits per heavy atom. The van der Waals surface area contributed by atoms with Gasteiger partial charge in [-0.3, -0.25) is 14.8 Å². The first-order valence-corrected chi connectivity index (χ1v) is 7.19. The smallest absolute Gasteiger partial charge is 0.168 e. The SMILES string of the molecule is Cc1ccccc1CC(=O)c1ccc(-c2ccccn2)nc1. The molecule has 0 saturated carbocycles. The molecule has 0 fully saturated rings. The molecule has 0 radical (unpaired) electrons. The van der Waals surface area contributed by atoms with Gasteiger partial charge in [-0.25, -0.2) is 0 Å². The summed E-state index contributed by atoms with van der Waals surface area (Å²) in [7, 11) is 0. The summed E-state index contributed by atoms with van der Waals surface area (Å²) >= 11 is 0. The first-order chi connectivity index (χ1) is 10.7. The molecule has 2 aromatic heterocycles. The highest BCUT2D eigenvalue weighted by molar-refractivity contribution is 5.97. The van der Waals surface area contributed by atoms with Gasteiger partial charge < -0.3 is 0 Å². The van der Waals surface area contributed by atoms with Crippen LogP contribution in [0, 0.1) is 6.92 Å². The van der Waals surface area contributed by atoms with Crippen LogP contribution in [-0.2, 0) is 6.42 Å². The van der Waals surface area contributed by atoms with Gasteiger partial charge in [0, 0.05) is 24.4 Å². The Labute approximate surface area is 129 Å². The summed E-state index contributed by atoms with van der Waals surface area (Å²) in [6.07, 6.45) is 3.76. The third kappa shape index (κ3) is 3.09. The van der Waals surface area contributed by atoms with Crippen LogP contribution in [0.4, 0.5) is 0 Å². The second kappa shape index (κ2) is 6.31. The van der Waals surface area contributed by atoms with E-state index in [0.29, 0.717) is 12.0 Å². The average molecular weight is 288 g/mol. The second-order valence-corrected chi connectivity index (χ2v) is 5.17. The van der Waals surface area contributed by atoms with Crippen LogP contribution in [0.15, 0.2) is 67.0 Å². The number of rotatable bonds is 4. The highest BCUT2D eigenvalue weighted by Gasteiger charge is 2.10. The van der Waals surface area contributed by atoms with Crippen LogP contribution in [0.1, 0.15) is 21.5 Å². The summed E-state index contributed by atoms with van der Waals surface area (Å²) in [5, 5.41) is 0. The van der Waals surface area contributed by atoms with Crippen LogP contribution in [0.5, 0.6) is 0 Å². The molecule has 0 aliphatic rings. The Morgan fingerprint density at radius 2 is 1.68 bits per heavy atom. The van der Waals surface area contributed by atoms with E-state index in [9.17, 15) is 4.79 Å². The Kier molecular flexibility index (Phi) is 4.05. The molecule has 1 aromatic carbocycles. The number of hydrogen-bond acceptors (Lipinski definition) is 3. The second-order valence-electron chi connectivity index (χ2n) is 5.17. The summed E-state index contributed by atoms with van der Waals surface area (Å²) in [5.74, 6) is 0.0781. The number of aryl methyl sites for hydroxylation is 1. The van der Waals surface area contributed by atoms with E-state index in [-0.39, 0.29) is 5.78 Å². The lowest BCUT2D eigenvalue weighted by Crippen LogP contribution is -2.05. The largest absolute Gasteiger partial charge is 0.294 e. The monoisotopic (exact) mass is 288 g/mol. The number of Topliss-reactive ketones (excluding diaryl/α,β-unsaturated/α-hetero) is 1. The molecule has 0 atom stereocenters. The topological polar surface area (TPSA) is 42.9 Å². The standard InChI is InChI=1S/C19H16N2O/c1-14-6-2-3-7-15(14)12-19(22)16-9-10-18(21-13-16)17-8-4-5-11-20-17/h2-11,13H,12H2,1H3. The van der Waals surface area contributed by atoms with Gasteiger partial charge in [0.05, 0.1) is 11.4 Å².